The number of carbonyl (C=O) groups is 2. The zero-order valence-corrected chi connectivity index (χ0v) is 17.9. The monoisotopic (exact) mass is 480 g/mol. The van der Waals surface area contributed by atoms with Gasteiger partial charge in [-0.2, -0.15) is 0 Å². The van der Waals surface area contributed by atoms with E-state index in [9.17, 15) is 23.2 Å². The van der Waals surface area contributed by atoms with E-state index in [2.05, 4.69) is 0 Å². The Morgan fingerprint density at radius 2 is 1.84 bits per heavy atom. The molecule has 2 N–H and O–H groups in total. The first kappa shape index (κ1) is 22.1. The van der Waals surface area contributed by atoms with Gasteiger partial charge in [0.25, 0.3) is 15.9 Å². The molecule has 4 rings (SSSR count). The normalized spacial score (nSPS) is 19.6. The molecule has 1 aliphatic heterocycles. The Labute approximate surface area is 187 Å². The van der Waals surface area contributed by atoms with Gasteiger partial charge < -0.3 is 14.2 Å². The summed E-state index contributed by atoms with van der Waals surface area (Å²) in [4.78, 5) is 24.9. The number of benzene rings is 2. The molecule has 1 aliphatic carbocycles. The lowest BCUT2D eigenvalue weighted by molar-refractivity contribution is -0.167. The van der Waals surface area contributed by atoms with Crippen molar-refractivity contribution < 1.29 is 37.4 Å². The first-order chi connectivity index (χ1) is 15.2. The van der Waals surface area contributed by atoms with E-state index in [0.717, 1.165) is 5.56 Å². The molecule has 2 aliphatic rings. The molecular weight excluding hydrogens is 464 g/mol. The topological polar surface area (TPSA) is 131 Å². The van der Waals surface area contributed by atoms with Crippen LogP contribution in [0.5, 0.6) is 5.75 Å². The van der Waals surface area contributed by atoms with Gasteiger partial charge in [0, 0.05) is 17.0 Å². The predicted octanol–water partition coefficient (Wildman–Crippen LogP) is 2.56. The number of halogens is 1. The fourth-order valence-electron chi connectivity index (χ4n) is 3.15. The number of sulfonamides is 1. The molecule has 168 valence electrons. The van der Waals surface area contributed by atoms with Gasteiger partial charge in [0.05, 0.1) is 4.90 Å². The van der Waals surface area contributed by atoms with E-state index < -0.39 is 34.3 Å². The van der Waals surface area contributed by atoms with Crippen molar-refractivity contribution in [2.45, 2.75) is 30.1 Å². The van der Waals surface area contributed by atoms with Gasteiger partial charge in [-0.15, -0.1) is 5.17 Å². The van der Waals surface area contributed by atoms with Gasteiger partial charge in [0.15, 0.2) is 12.2 Å². The van der Waals surface area contributed by atoms with E-state index in [1.165, 1.54) is 30.3 Å². The number of hydrogen-bond donors (Lipinski definition) is 2. The van der Waals surface area contributed by atoms with Crippen molar-refractivity contribution in [3.05, 3.63) is 70.8 Å². The van der Waals surface area contributed by atoms with Crippen LogP contribution in [0.25, 0.3) is 0 Å². The van der Waals surface area contributed by atoms with E-state index in [1.807, 2.05) is 0 Å². The van der Waals surface area contributed by atoms with E-state index in [0.29, 0.717) is 10.8 Å². The first-order valence-electron chi connectivity index (χ1n) is 9.32. The zero-order valence-electron chi connectivity index (χ0n) is 16.3. The summed E-state index contributed by atoms with van der Waals surface area (Å²) in [6, 6.07) is 12.5. The maximum atomic E-state index is 12.5. The number of nitrogens with zero attached hydrogens (tertiary/aromatic N) is 1. The Morgan fingerprint density at radius 3 is 2.50 bits per heavy atom. The minimum atomic E-state index is -4.26. The summed E-state index contributed by atoms with van der Waals surface area (Å²) in [6.45, 7) is 0.260. The molecule has 0 aromatic heterocycles. The van der Waals surface area contributed by atoms with Gasteiger partial charge >= 0.3 is 6.16 Å². The summed E-state index contributed by atoms with van der Waals surface area (Å²) >= 11 is 5.84. The number of rotatable bonds is 7. The summed E-state index contributed by atoms with van der Waals surface area (Å²) < 4.78 is 40.3. The van der Waals surface area contributed by atoms with Crippen molar-refractivity contribution in [2.75, 3.05) is 0 Å². The summed E-state index contributed by atoms with van der Waals surface area (Å²) in [5.41, 5.74) is 0.927. The van der Waals surface area contributed by atoms with E-state index in [-0.39, 0.29) is 28.7 Å². The van der Waals surface area contributed by atoms with Crippen LogP contribution in [0.15, 0.2) is 65.1 Å². The molecule has 2 aromatic carbocycles. The van der Waals surface area contributed by atoms with Gasteiger partial charge in [-0.25, -0.2) is 13.2 Å². The molecule has 1 heterocycles. The minimum absolute atomic E-state index is 0.00627. The molecule has 1 saturated heterocycles. The number of fused-ring (bicyclic) bond motifs is 1. The van der Waals surface area contributed by atoms with Crippen LogP contribution in [0.3, 0.4) is 0 Å². The van der Waals surface area contributed by atoms with E-state index >= 15 is 0 Å². The molecule has 2 aromatic rings. The third-order valence-electron chi connectivity index (χ3n) is 4.76. The Balaban J connectivity index is 1.35. The highest BCUT2D eigenvalue weighted by atomic mass is 35.5. The lowest BCUT2D eigenvalue weighted by Gasteiger charge is -2.17. The van der Waals surface area contributed by atoms with Gasteiger partial charge in [-0.1, -0.05) is 28.6 Å². The standard InChI is InChI=1S/C20H17ClN2O8S/c21-14-3-1-12(2-4-14)11-29-15-5-7-16(8-6-15)32(27,28)22-23(26)19(24)13-9-17-18(10-13)31-20(25)30-17/h1-9,17-18,22,26H,10-11H2. The Bertz CT molecular complexity index is 1170. The molecule has 1 amide bonds. The quantitative estimate of drug-likeness (QED) is 0.351. The average Bonchev–Trinajstić information content (AvgIpc) is 3.30. The molecule has 12 heteroatoms. The van der Waals surface area contributed by atoms with Crippen molar-refractivity contribution in [3.63, 3.8) is 0 Å². The number of hydrogen-bond acceptors (Lipinski definition) is 8. The number of hydrazine groups is 1. The van der Waals surface area contributed by atoms with Crippen molar-refractivity contribution in [1.82, 2.24) is 10.0 Å². The number of hydroxylamine groups is 1. The lowest BCUT2D eigenvalue weighted by Crippen LogP contribution is -2.44. The molecule has 2 atom stereocenters. The predicted molar refractivity (Wildman–Crippen MR) is 109 cm³/mol. The van der Waals surface area contributed by atoms with Crippen molar-refractivity contribution in [1.29, 1.82) is 0 Å². The van der Waals surface area contributed by atoms with Gasteiger partial charge in [-0.3, -0.25) is 10.0 Å². The van der Waals surface area contributed by atoms with Crippen LogP contribution in [-0.4, -0.2) is 43.1 Å². The highest BCUT2D eigenvalue weighted by Gasteiger charge is 2.43. The molecular formula is C20H17ClN2O8S. The lowest BCUT2D eigenvalue weighted by atomic mass is 10.2. The van der Waals surface area contributed by atoms with E-state index in [4.69, 9.17) is 25.8 Å². The van der Waals surface area contributed by atoms with Gasteiger partial charge in [0.2, 0.25) is 0 Å². The van der Waals surface area contributed by atoms with Crippen molar-refractivity contribution in [2.24, 2.45) is 0 Å². The maximum Gasteiger partial charge on any atom is 0.509 e. The molecule has 32 heavy (non-hydrogen) atoms. The molecule has 1 fully saturated rings. The Morgan fingerprint density at radius 1 is 1.16 bits per heavy atom. The molecule has 0 bridgehead atoms. The number of nitrogens with one attached hydrogen (secondary N) is 1. The van der Waals surface area contributed by atoms with Crippen LogP contribution in [-0.2, 0) is 30.9 Å². The van der Waals surface area contributed by atoms with Crippen LogP contribution in [0.2, 0.25) is 5.02 Å². The highest BCUT2D eigenvalue weighted by Crippen LogP contribution is 2.30. The third-order valence-corrected chi connectivity index (χ3v) is 6.32. The second-order valence-electron chi connectivity index (χ2n) is 6.98. The second kappa shape index (κ2) is 8.79. The second-order valence-corrected chi connectivity index (χ2v) is 9.08. The average molecular weight is 481 g/mol. The van der Waals surface area contributed by atoms with Crippen LogP contribution >= 0.6 is 11.6 Å². The fourth-order valence-corrected chi connectivity index (χ4v) is 4.19. The molecule has 10 nitrogen and oxygen atoms in total. The number of carbonyl (C=O) groups excluding carboxylic acids is 2. The SMILES string of the molecule is O=C1OC2C=C(C(=O)N(O)NS(=O)(=O)c3ccc(OCc4ccc(Cl)cc4)cc3)CC2O1. The van der Waals surface area contributed by atoms with Crippen molar-refractivity contribution >= 4 is 33.7 Å². The molecule has 0 spiro atoms. The van der Waals surface area contributed by atoms with Gasteiger partial charge in [-0.05, 0) is 48.0 Å². The highest BCUT2D eigenvalue weighted by molar-refractivity contribution is 7.89. The number of amides is 1. The molecule has 0 saturated carbocycles. The maximum absolute atomic E-state index is 12.5. The minimum Gasteiger partial charge on any atom is -0.489 e. The first-order valence-corrected chi connectivity index (χ1v) is 11.2. The van der Waals surface area contributed by atoms with Crippen LogP contribution in [0.4, 0.5) is 4.79 Å². The smallest absolute Gasteiger partial charge is 0.489 e. The zero-order chi connectivity index (χ0) is 22.9. The summed E-state index contributed by atoms with van der Waals surface area (Å²) in [6.07, 6.45) is -0.959. The van der Waals surface area contributed by atoms with Gasteiger partial charge in [0.1, 0.15) is 12.4 Å². The summed E-state index contributed by atoms with van der Waals surface area (Å²) in [5, 5.41) is 10.4. The Kier molecular flexibility index (Phi) is 6.07. The van der Waals surface area contributed by atoms with Crippen LogP contribution in [0, 0.1) is 0 Å². The fraction of sp³-hybridized carbons (Fsp3) is 0.200. The number of ether oxygens (including phenoxy) is 3. The molecule has 2 unspecified atom stereocenters. The Hall–Kier alpha value is -3.12. The van der Waals surface area contributed by atoms with Crippen molar-refractivity contribution in [3.8, 4) is 5.75 Å². The largest absolute Gasteiger partial charge is 0.509 e. The van der Waals surface area contributed by atoms with E-state index in [1.54, 1.807) is 29.1 Å². The van der Waals surface area contributed by atoms with Crippen LogP contribution < -0.4 is 9.57 Å². The third kappa shape index (κ3) is 4.86. The summed E-state index contributed by atoms with van der Waals surface area (Å²) in [5.74, 6) is -0.585. The summed E-state index contributed by atoms with van der Waals surface area (Å²) in [7, 11) is -4.26. The molecule has 0 radical (unpaired) electrons. The van der Waals surface area contributed by atoms with Crippen LogP contribution in [0.1, 0.15) is 12.0 Å².